The molecule has 3 aromatic heterocycles. The van der Waals surface area contributed by atoms with Crippen LogP contribution in [0.1, 0.15) is 37.1 Å². The first-order valence-corrected chi connectivity index (χ1v) is 9.38. The quantitative estimate of drug-likeness (QED) is 0.671. The first-order valence-electron chi connectivity index (χ1n) is 9.38. The van der Waals surface area contributed by atoms with E-state index in [4.69, 9.17) is 4.52 Å². The summed E-state index contributed by atoms with van der Waals surface area (Å²) in [6.07, 6.45) is 11.4. The zero-order chi connectivity index (χ0) is 17.6. The van der Waals surface area contributed by atoms with Gasteiger partial charge >= 0.3 is 0 Å². The van der Waals surface area contributed by atoms with Gasteiger partial charge in [0.1, 0.15) is 5.69 Å². The molecule has 134 valence electrons. The Morgan fingerprint density at radius 3 is 2.85 bits per heavy atom. The smallest absolute Gasteiger partial charge is 0.151 e. The molecule has 1 saturated heterocycles. The predicted octanol–water partition coefficient (Wildman–Crippen LogP) is 4.12. The molecule has 0 N–H and O–H groups in total. The molecular formula is C21H24N4O. The van der Waals surface area contributed by atoms with E-state index >= 15 is 0 Å². The largest absolute Gasteiger partial charge is 0.359 e. The molecular weight excluding hydrogens is 324 g/mol. The second kappa shape index (κ2) is 8.23. The standard InChI is InChI=1S/C21H24N4O/c1-3-11-23-18(5-1)7-8-19-6-2-4-14-25(19)16-20-15-21(24-26-20)17-9-12-22-13-10-17/h1,3,5,9-13,15,19H,2,4,6-8,14,16H2. The zero-order valence-electron chi connectivity index (χ0n) is 14.9. The van der Waals surface area contributed by atoms with Gasteiger partial charge in [-0.1, -0.05) is 17.6 Å². The van der Waals surface area contributed by atoms with Crippen LogP contribution in [0.5, 0.6) is 0 Å². The van der Waals surface area contributed by atoms with Crippen molar-refractivity contribution in [3.05, 3.63) is 66.4 Å². The first-order chi connectivity index (χ1) is 12.9. The van der Waals surface area contributed by atoms with E-state index in [1.54, 1.807) is 12.4 Å². The number of hydrogen-bond acceptors (Lipinski definition) is 5. The van der Waals surface area contributed by atoms with E-state index in [-0.39, 0.29) is 0 Å². The molecule has 5 heteroatoms. The third-order valence-electron chi connectivity index (χ3n) is 5.10. The summed E-state index contributed by atoms with van der Waals surface area (Å²) in [6, 6.07) is 12.7. The van der Waals surface area contributed by atoms with Crippen molar-refractivity contribution in [1.82, 2.24) is 20.0 Å². The van der Waals surface area contributed by atoms with Gasteiger partial charge in [-0.2, -0.15) is 0 Å². The van der Waals surface area contributed by atoms with Crippen molar-refractivity contribution >= 4 is 0 Å². The van der Waals surface area contributed by atoms with E-state index in [1.807, 2.05) is 24.4 Å². The van der Waals surface area contributed by atoms with Gasteiger partial charge in [0, 0.05) is 42.0 Å². The van der Waals surface area contributed by atoms with E-state index < -0.39 is 0 Å². The SMILES string of the molecule is c1ccc(CCC2CCCCN2Cc2cc(-c3ccncc3)no2)nc1. The minimum absolute atomic E-state index is 0.584. The number of aromatic nitrogens is 3. The summed E-state index contributed by atoms with van der Waals surface area (Å²) in [4.78, 5) is 11.1. The number of pyridine rings is 2. The summed E-state index contributed by atoms with van der Waals surface area (Å²) in [5.74, 6) is 0.932. The third kappa shape index (κ3) is 4.17. The number of piperidine rings is 1. The molecule has 0 aromatic carbocycles. The van der Waals surface area contributed by atoms with Crippen molar-refractivity contribution in [2.75, 3.05) is 6.54 Å². The lowest BCUT2D eigenvalue weighted by molar-refractivity contribution is 0.119. The monoisotopic (exact) mass is 348 g/mol. The lowest BCUT2D eigenvalue weighted by atomic mass is 9.97. The fraction of sp³-hybridized carbons (Fsp3) is 0.381. The summed E-state index contributed by atoms with van der Waals surface area (Å²) in [6.45, 7) is 1.95. The van der Waals surface area contributed by atoms with Gasteiger partial charge in [-0.25, -0.2) is 0 Å². The highest BCUT2D eigenvalue weighted by molar-refractivity contribution is 5.57. The molecule has 0 aliphatic carbocycles. The average molecular weight is 348 g/mol. The summed E-state index contributed by atoms with van der Waals surface area (Å²) >= 11 is 0. The van der Waals surface area contributed by atoms with Gasteiger partial charge in [0.15, 0.2) is 5.76 Å². The first kappa shape index (κ1) is 16.9. The van der Waals surface area contributed by atoms with Gasteiger partial charge < -0.3 is 4.52 Å². The molecule has 0 bridgehead atoms. The van der Waals surface area contributed by atoms with E-state index in [1.165, 1.54) is 25.0 Å². The number of rotatable bonds is 6. The van der Waals surface area contributed by atoms with Crippen LogP contribution in [0.15, 0.2) is 59.5 Å². The lowest BCUT2D eigenvalue weighted by Gasteiger charge is -2.35. The fourth-order valence-corrected chi connectivity index (χ4v) is 3.70. The van der Waals surface area contributed by atoms with Gasteiger partial charge in [-0.05, 0) is 56.5 Å². The molecule has 1 aliphatic rings. The maximum absolute atomic E-state index is 5.61. The third-order valence-corrected chi connectivity index (χ3v) is 5.10. The summed E-state index contributed by atoms with van der Waals surface area (Å²) < 4.78 is 5.61. The molecule has 4 heterocycles. The zero-order valence-corrected chi connectivity index (χ0v) is 14.9. The van der Waals surface area contributed by atoms with Gasteiger partial charge in [-0.3, -0.25) is 14.9 Å². The molecule has 0 amide bonds. The second-order valence-electron chi connectivity index (χ2n) is 6.89. The van der Waals surface area contributed by atoms with Crippen LogP contribution in [-0.4, -0.2) is 32.6 Å². The maximum Gasteiger partial charge on any atom is 0.151 e. The van der Waals surface area contributed by atoms with E-state index in [0.29, 0.717) is 6.04 Å². The summed E-state index contributed by atoms with van der Waals surface area (Å²) in [7, 11) is 0. The highest BCUT2D eigenvalue weighted by Gasteiger charge is 2.23. The van der Waals surface area contributed by atoms with Gasteiger partial charge in [0.25, 0.3) is 0 Å². The molecule has 0 spiro atoms. The Morgan fingerprint density at radius 1 is 1.08 bits per heavy atom. The number of nitrogens with zero attached hydrogens (tertiary/aromatic N) is 4. The van der Waals surface area contributed by atoms with Crippen LogP contribution in [0.25, 0.3) is 11.3 Å². The highest BCUT2D eigenvalue weighted by Crippen LogP contribution is 2.25. The van der Waals surface area contributed by atoms with E-state index in [2.05, 4.69) is 38.2 Å². The van der Waals surface area contributed by atoms with E-state index in [0.717, 1.165) is 42.9 Å². The molecule has 1 aliphatic heterocycles. The molecule has 1 fully saturated rings. The van der Waals surface area contributed by atoms with Crippen LogP contribution < -0.4 is 0 Å². The second-order valence-corrected chi connectivity index (χ2v) is 6.89. The molecule has 5 nitrogen and oxygen atoms in total. The number of aryl methyl sites for hydroxylation is 1. The minimum atomic E-state index is 0.584. The minimum Gasteiger partial charge on any atom is -0.359 e. The van der Waals surface area contributed by atoms with Gasteiger partial charge in [0.2, 0.25) is 0 Å². The Morgan fingerprint density at radius 2 is 2.00 bits per heavy atom. The molecule has 0 radical (unpaired) electrons. The normalized spacial score (nSPS) is 18.1. The predicted molar refractivity (Wildman–Crippen MR) is 100 cm³/mol. The van der Waals surface area contributed by atoms with Crippen LogP contribution in [0.2, 0.25) is 0 Å². The molecule has 0 saturated carbocycles. The van der Waals surface area contributed by atoms with E-state index in [9.17, 15) is 0 Å². The summed E-state index contributed by atoms with van der Waals surface area (Å²) in [5, 5.41) is 4.23. The Hall–Kier alpha value is -2.53. The van der Waals surface area contributed by atoms with Crippen molar-refractivity contribution in [3.63, 3.8) is 0 Å². The van der Waals surface area contributed by atoms with Crippen molar-refractivity contribution < 1.29 is 4.52 Å². The van der Waals surface area contributed by atoms with Gasteiger partial charge in [0.05, 0.1) is 6.54 Å². The number of hydrogen-bond donors (Lipinski definition) is 0. The van der Waals surface area contributed by atoms with Crippen molar-refractivity contribution in [2.24, 2.45) is 0 Å². The molecule has 4 rings (SSSR count). The molecule has 1 atom stereocenters. The number of likely N-dealkylation sites (tertiary alicyclic amines) is 1. The Labute approximate surface area is 154 Å². The van der Waals surface area contributed by atoms with Crippen LogP contribution in [-0.2, 0) is 13.0 Å². The Balaban J connectivity index is 1.40. The topological polar surface area (TPSA) is 55.1 Å². The maximum atomic E-state index is 5.61. The van der Waals surface area contributed by atoms with Crippen LogP contribution in [0.3, 0.4) is 0 Å². The van der Waals surface area contributed by atoms with Crippen molar-refractivity contribution in [2.45, 2.75) is 44.7 Å². The van der Waals surface area contributed by atoms with Crippen molar-refractivity contribution in [1.29, 1.82) is 0 Å². The summed E-state index contributed by atoms with van der Waals surface area (Å²) in [5.41, 5.74) is 3.10. The Kier molecular flexibility index (Phi) is 5.36. The highest BCUT2D eigenvalue weighted by atomic mass is 16.5. The molecule has 26 heavy (non-hydrogen) atoms. The van der Waals surface area contributed by atoms with Crippen molar-refractivity contribution in [3.8, 4) is 11.3 Å². The van der Waals surface area contributed by atoms with Crippen LogP contribution in [0.4, 0.5) is 0 Å². The fourth-order valence-electron chi connectivity index (χ4n) is 3.70. The Bertz CT molecular complexity index is 803. The van der Waals surface area contributed by atoms with Crippen LogP contribution >= 0.6 is 0 Å². The van der Waals surface area contributed by atoms with Crippen LogP contribution in [0, 0.1) is 0 Å². The lowest BCUT2D eigenvalue weighted by Crippen LogP contribution is -2.39. The average Bonchev–Trinajstić information content (AvgIpc) is 3.17. The molecule has 3 aromatic rings. The van der Waals surface area contributed by atoms with Gasteiger partial charge in [-0.15, -0.1) is 0 Å². The molecule has 1 unspecified atom stereocenters.